The highest BCUT2D eigenvalue weighted by Gasteiger charge is 2.36. The van der Waals surface area contributed by atoms with E-state index in [1.807, 2.05) is 49.1 Å². The minimum atomic E-state index is -1.03. The number of para-hydroxylation sites is 1. The fourth-order valence-corrected chi connectivity index (χ4v) is 8.26. The van der Waals surface area contributed by atoms with Crippen molar-refractivity contribution in [2.75, 3.05) is 83.1 Å². The number of hydrogen-bond acceptors (Lipinski definition) is 9. The number of benzene rings is 2. The van der Waals surface area contributed by atoms with Crippen LogP contribution in [0.25, 0.3) is 0 Å². The Labute approximate surface area is 311 Å². The van der Waals surface area contributed by atoms with E-state index in [9.17, 15) is 19.2 Å². The molecule has 4 amide bonds. The number of carbonyl (C=O) groups is 4. The number of nitrogens with one attached hydrogen (secondary N) is 1. The second-order valence-electron chi connectivity index (χ2n) is 14.3. The summed E-state index contributed by atoms with van der Waals surface area (Å²) in [4.78, 5) is 62.7. The van der Waals surface area contributed by atoms with Crippen molar-refractivity contribution in [1.29, 1.82) is 0 Å². The van der Waals surface area contributed by atoms with Crippen LogP contribution in [0.5, 0.6) is 0 Å². The zero-order chi connectivity index (χ0) is 36.8. The van der Waals surface area contributed by atoms with Crippen molar-refractivity contribution in [2.24, 2.45) is 0 Å². The molecule has 0 unspecified atom stereocenters. The number of aryl methyl sites for hydroxylation is 1. The monoisotopic (exact) mass is 737 g/mol. The summed E-state index contributed by atoms with van der Waals surface area (Å²) in [7, 11) is 0. The number of nitrogen functional groups attached to an aromatic ring is 1. The first kappa shape index (κ1) is 37.7. The number of halogens is 1. The summed E-state index contributed by atoms with van der Waals surface area (Å²) in [6.45, 7) is 10.0. The van der Waals surface area contributed by atoms with E-state index in [2.05, 4.69) is 15.1 Å². The zero-order valence-electron chi connectivity index (χ0n) is 30.4. The van der Waals surface area contributed by atoms with Gasteiger partial charge in [-0.3, -0.25) is 19.4 Å². The van der Waals surface area contributed by atoms with E-state index in [1.54, 1.807) is 15.9 Å². The van der Waals surface area contributed by atoms with Crippen LogP contribution in [0.15, 0.2) is 36.4 Å². The number of amides is 4. The first-order valence-electron chi connectivity index (χ1n) is 18.7. The molecule has 2 aromatic rings. The maximum atomic E-state index is 14.1. The van der Waals surface area contributed by atoms with Crippen molar-refractivity contribution in [1.82, 2.24) is 24.5 Å². The molecule has 1 atom stereocenters. The number of fused-ring (bicyclic) bond motifs is 1. The molecule has 0 saturated carbocycles. The van der Waals surface area contributed by atoms with Gasteiger partial charge in [-0.15, -0.1) is 0 Å². The Bertz CT molecular complexity index is 1580. The van der Waals surface area contributed by atoms with E-state index in [0.717, 1.165) is 67.8 Å². The number of carbonyl (C=O) groups excluding carboxylic acids is 4. The van der Waals surface area contributed by atoms with Gasteiger partial charge in [0.05, 0.1) is 23.9 Å². The van der Waals surface area contributed by atoms with Gasteiger partial charge in [0.15, 0.2) is 6.10 Å². The van der Waals surface area contributed by atoms with Crippen LogP contribution in [-0.2, 0) is 31.9 Å². The molecular weight excluding hydrogens is 686 g/mol. The number of rotatable bonds is 9. The van der Waals surface area contributed by atoms with Crippen LogP contribution in [0.2, 0.25) is 5.02 Å². The number of hydrogen-bond donors (Lipinski definition) is 2. The second-order valence-corrected chi connectivity index (χ2v) is 14.7. The topological polar surface area (TPSA) is 141 Å². The van der Waals surface area contributed by atoms with Gasteiger partial charge in [0, 0.05) is 83.1 Å². The average molecular weight is 738 g/mol. The van der Waals surface area contributed by atoms with E-state index >= 15 is 0 Å². The Hall–Kier alpha value is -4.07. The normalized spacial score (nSPS) is 20.1. The van der Waals surface area contributed by atoms with E-state index in [4.69, 9.17) is 26.8 Å². The van der Waals surface area contributed by atoms with Crippen LogP contribution in [0.1, 0.15) is 49.3 Å². The second kappa shape index (κ2) is 17.2. The van der Waals surface area contributed by atoms with Gasteiger partial charge in [-0.05, 0) is 74.8 Å². The molecule has 6 rings (SSSR count). The molecule has 4 aliphatic rings. The third kappa shape index (κ3) is 9.10. The molecule has 0 bridgehead atoms. The molecule has 3 fully saturated rings. The van der Waals surface area contributed by atoms with Crippen LogP contribution in [0.3, 0.4) is 0 Å². The molecule has 13 nitrogen and oxygen atoms in total. The maximum Gasteiger partial charge on any atom is 0.410 e. The van der Waals surface area contributed by atoms with Gasteiger partial charge in [-0.1, -0.05) is 35.9 Å². The molecule has 52 heavy (non-hydrogen) atoms. The van der Waals surface area contributed by atoms with Gasteiger partial charge in [0.1, 0.15) is 0 Å². The Morgan fingerprint density at radius 3 is 2.31 bits per heavy atom. The van der Waals surface area contributed by atoms with Crippen molar-refractivity contribution >= 4 is 47.0 Å². The average Bonchev–Trinajstić information content (AvgIpc) is 3.31. The third-order valence-corrected chi connectivity index (χ3v) is 11.3. The van der Waals surface area contributed by atoms with Crippen LogP contribution in [-0.4, -0.2) is 139 Å². The minimum Gasteiger partial charge on any atom is -0.465 e. The lowest BCUT2D eigenvalue weighted by atomic mass is 10.0. The molecule has 0 spiro atoms. The SMILES string of the molecule is CCOC(=O)CN1CCC(N2CCN(C(=O)[C@@H](Cc3cc(C)c(N)c(Cl)c3)OC(=O)N3CCC(N4CCc5ccccc5NC4=O)CC3)CC2)CC1. The number of piperazine rings is 1. The largest absolute Gasteiger partial charge is 0.465 e. The van der Waals surface area contributed by atoms with Crippen molar-refractivity contribution < 1.29 is 28.7 Å². The third-order valence-electron chi connectivity index (χ3n) is 11.0. The molecular formula is C38H52ClN7O6. The predicted octanol–water partition coefficient (Wildman–Crippen LogP) is 4.00. The number of nitrogens with zero attached hydrogens (tertiary/aromatic N) is 5. The lowest BCUT2D eigenvalue weighted by molar-refractivity contribution is -0.144. The number of piperidine rings is 2. The first-order chi connectivity index (χ1) is 25.1. The van der Waals surface area contributed by atoms with Gasteiger partial charge in [0.25, 0.3) is 5.91 Å². The molecule has 0 aromatic heterocycles. The standard InChI is InChI=1S/C38H52ClN7O6/c1-3-51-34(47)25-42-13-9-29(10-14-42)43-18-20-44(21-19-43)36(48)33(24-27-22-26(2)35(40)31(39)23-27)52-38(50)45-15-11-30(12-16-45)46-17-8-28-6-4-5-7-32(28)41-37(46)49/h4-7,22-23,29-30,33H,3,8-21,24-25,40H2,1-2H3,(H,41,49)/t33-/m1/s1. The number of ether oxygens (including phenoxy) is 2. The highest BCUT2D eigenvalue weighted by atomic mass is 35.5. The summed E-state index contributed by atoms with van der Waals surface area (Å²) in [6, 6.07) is 11.8. The number of urea groups is 1. The van der Waals surface area contributed by atoms with E-state index in [1.165, 1.54) is 0 Å². The summed E-state index contributed by atoms with van der Waals surface area (Å²) in [5, 5.41) is 3.44. The van der Waals surface area contributed by atoms with Gasteiger partial charge < -0.3 is 35.2 Å². The van der Waals surface area contributed by atoms with Gasteiger partial charge in [0.2, 0.25) is 0 Å². The minimum absolute atomic E-state index is 0.00298. The molecule has 14 heteroatoms. The quantitative estimate of drug-likeness (QED) is 0.289. The highest BCUT2D eigenvalue weighted by molar-refractivity contribution is 6.33. The number of anilines is 2. The van der Waals surface area contributed by atoms with E-state index < -0.39 is 12.2 Å². The zero-order valence-corrected chi connectivity index (χ0v) is 31.1. The first-order valence-corrected chi connectivity index (χ1v) is 19.0. The molecule has 4 heterocycles. The molecule has 3 N–H and O–H groups in total. The van der Waals surface area contributed by atoms with E-state index in [-0.39, 0.29) is 30.4 Å². The molecule has 2 aromatic carbocycles. The van der Waals surface area contributed by atoms with Crippen LogP contribution in [0.4, 0.5) is 21.0 Å². The molecule has 3 saturated heterocycles. The Morgan fingerprint density at radius 1 is 0.923 bits per heavy atom. The molecule has 0 radical (unpaired) electrons. The molecule has 0 aliphatic carbocycles. The Kier molecular flexibility index (Phi) is 12.4. The van der Waals surface area contributed by atoms with Crippen molar-refractivity contribution in [3.05, 3.63) is 58.1 Å². The van der Waals surface area contributed by atoms with Crippen molar-refractivity contribution in [3.8, 4) is 0 Å². The lowest BCUT2D eigenvalue weighted by Crippen LogP contribution is -2.57. The van der Waals surface area contributed by atoms with Crippen LogP contribution in [0, 0.1) is 6.92 Å². The predicted molar refractivity (Wildman–Crippen MR) is 199 cm³/mol. The van der Waals surface area contributed by atoms with Gasteiger partial charge in [-0.25, -0.2) is 9.59 Å². The summed E-state index contributed by atoms with van der Waals surface area (Å²) in [6.07, 6.45) is 2.53. The van der Waals surface area contributed by atoms with Gasteiger partial charge in [-0.2, -0.15) is 0 Å². The number of nitrogens with two attached hydrogens (primary N) is 1. The summed E-state index contributed by atoms with van der Waals surface area (Å²) in [5.74, 6) is -0.406. The van der Waals surface area contributed by atoms with Crippen LogP contribution >= 0.6 is 11.6 Å². The van der Waals surface area contributed by atoms with Crippen LogP contribution < -0.4 is 11.1 Å². The fraction of sp³-hybridized carbons (Fsp3) is 0.579. The summed E-state index contributed by atoms with van der Waals surface area (Å²) >= 11 is 6.42. The van der Waals surface area contributed by atoms with Crippen molar-refractivity contribution in [3.63, 3.8) is 0 Å². The molecule has 282 valence electrons. The summed E-state index contributed by atoms with van der Waals surface area (Å²) < 4.78 is 11.2. The highest BCUT2D eigenvalue weighted by Crippen LogP contribution is 2.28. The smallest absolute Gasteiger partial charge is 0.410 e. The molecule has 4 aliphatic heterocycles. The Balaban J connectivity index is 1.05. The Morgan fingerprint density at radius 2 is 1.62 bits per heavy atom. The van der Waals surface area contributed by atoms with Gasteiger partial charge >= 0.3 is 18.1 Å². The lowest BCUT2D eigenvalue weighted by Gasteiger charge is -2.43. The number of esters is 1. The van der Waals surface area contributed by atoms with Crippen molar-refractivity contribution in [2.45, 2.75) is 70.6 Å². The van der Waals surface area contributed by atoms with E-state index in [0.29, 0.717) is 75.5 Å². The number of likely N-dealkylation sites (tertiary alicyclic amines) is 2. The fourth-order valence-electron chi connectivity index (χ4n) is 7.98. The maximum absolute atomic E-state index is 14.1. The summed E-state index contributed by atoms with van der Waals surface area (Å²) in [5.41, 5.74) is 10.1.